The van der Waals surface area contributed by atoms with E-state index < -0.39 is 0 Å². The van der Waals surface area contributed by atoms with Crippen molar-refractivity contribution >= 4 is 34.5 Å². The molecule has 0 radical (unpaired) electrons. The zero-order chi connectivity index (χ0) is 21.6. The molecule has 2 amide bonds. The molecule has 0 unspecified atom stereocenters. The number of anilines is 1. The quantitative estimate of drug-likeness (QED) is 0.354. The minimum Gasteiger partial charge on any atom is -0.322 e. The Morgan fingerprint density at radius 1 is 0.806 bits per heavy atom. The summed E-state index contributed by atoms with van der Waals surface area (Å²) in [4.78, 5) is 25.0. The summed E-state index contributed by atoms with van der Waals surface area (Å²) in [6.45, 7) is 1.88. The van der Waals surface area contributed by atoms with E-state index in [1.807, 2.05) is 67.6 Å². The summed E-state index contributed by atoms with van der Waals surface area (Å²) >= 11 is 0. The van der Waals surface area contributed by atoms with Crippen molar-refractivity contribution in [1.29, 1.82) is 0 Å². The minimum atomic E-state index is -0.358. The molecule has 0 aliphatic heterocycles. The third kappa shape index (κ3) is 4.67. The highest BCUT2D eigenvalue weighted by atomic mass is 16.2. The van der Waals surface area contributed by atoms with Crippen LogP contribution in [-0.2, 0) is 0 Å². The standard InChI is InChI=1S/C26H21N3O2/c1-18-8-2-4-14-23(18)26(31)28-22-13-7-11-20(16-22)25(30)29-27-17-21-12-6-10-19-9-3-5-15-24(19)21/h2-17H,1H3,(H,28,31)(H,29,30). The predicted octanol–water partition coefficient (Wildman–Crippen LogP) is 5.16. The number of carbonyl (C=O) groups excluding carboxylic acids is 2. The SMILES string of the molecule is Cc1ccccc1C(=O)Nc1cccc(C(=O)NN=Cc2cccc3ccccc23)c1. The molecule has 0 saturated heterocycles. The number of amides is 2. The van der Waals surface area contributed by atoms with Gasteiger partial charge in [0.2, 0.25) is 0 Å². The summed E-state index contributed by atoms with van der Waals surface area (Å²) in [6.07, 6.45) is 1.63. The number of hydrazone groups is 1. The van der Waals surface area contributed by atoms with Gasteiger partial charge in [-0.15, -0.1) is 0 Å². The molecular formula is C26H21N3O2. The molecule has 152 valence electrons. The molecule has 0 spiro atoms. The van der Waals surface area contributed by atoms with Gasteiger partial charge in [0, 0.05) is 22.4 Å². The third-order valence-electron chi connectivity index (χ3n) is 4.97. The maximum absolute atomic E-state index is 12.5. The van der Waals surface area contributed by atoms with Crippen LogP contribution in [0.3, 0.4) is 0 Å². The Bertz CT molecular complexity index is 1290. The smallest absolute Gasteiger partial charge is 0.271 e. The van der Waals surface area contributed by atoms with Crippen LogP contribution < -0.4 is 10.7 Å². The first-order chi connectivity index (χ1) is 15.1. The highest BCUT2D eigenvalue weighted by Gasteiger charge is 2.10. The first-order valence-electron chi connectivity index (χ1n) is 9.90. The molecule has 0 fully saturated rings. The fourth-order valence-electron chi connectivity index (χ4n) is 3.35. The van der Waals surface area contributed by atoms with Crippen molar-refractivity contribution in [2.45, 2.75) is 6.92 Å². The van der Waals surface area contributed by atoms with Gasteiger partial charge in [0.05, 0.1) is 6.21 Å². The van der Waals surface area contributed by atoms with E-state index in [9.17, 15) is 9.59 Å². The van der Waals surface area contributed by atoms with Crippen LogP contribution in [0, 0.1) is 6.92 Å². The number of hydrogen-bond acceptors (Lipinski definition) is 3. The van der Waals surface area contributed by atoms with E-state index in [2.05, 4.69) is 15.8 Å². The second kappa shape index (κ2) is 9.05. The summed E-state index contributed by atoms with van der Waals surface area (Å²) in [5, 5.41) is 9.11. The zero-order valence-electron chi connectivity index (χ0n) is 17.0. The van der Waals surface area contributed by atoms with Gasteiger partial charge >= 0.3 is 0 Å². The Morgan fingerprint density at radius 2 is 1.55 bits per heavy atom. The number of aryl methyl sites for hydroxylation is 1. The Kier molecular flexibility index (Phi) is 5.85. The predicted molar refractivity (Wildman–Crippen MR) is 125 cm³/mol. The Balaban J connectivity index is 1.45. The number of fused-ring (bicyclic) bond motifs is 1. The van der Waals surface area contributed by atoms with Crippen LogP contribution in [0.5, 0.6) is 0 Å². The number of benzene rings is 4. The average molecular weight is 407 g/mol. The van der Waals surface area contributed by atoms with E-state index in [0.717, 1.165) is 21.9 Å². The number of hydrogen-bond donors (Lipinski definition) is 2. The highest BCUT2D eigenvalue weighted by Crippen LogP contribution is 2.17. The molecule has 5 heteroatoms. The van der Waals surface area contributed by atoms with E-state index >= 15 is 0 Å². The van der Waals surface area contributed by atoms with Crippen LogP contribution in [0.25, 0.3) is 10.8 Å². The van der Waals surface area contributed by atoms with E-state index in [1.165, 1.54) is 0 Å². The molecule has 4 aromatic rings. The molecule has 0 heterocycles. The van der Waals surface area contributed by atoms with E-state index in [0.29, 0.717) is 16.8 Å². The summed E-state index contributed by atoms with van der Waals surface area (Å²) in [5.74, 6) is -0.576. The van der Waals surface area contributed by atoms with Gasteiger partial charge in [0.15, 0.2) is 0 Å². The lowest BCUT2D eigenvalue weighted by molar-refractivity contribution is 0.0953. The summed E-state index contributed by atoms with van der Waals surface area (Å²) < 4.78 is 0. The minimum absolute atomic E-state index is 0.218. The Morgan fingerprint density at radius 3 is 2.42 bits per heavy atom. The maximum atomic E-state index is 12.5. The van der Waals surface area contributed by atoms with Gasteiger partial charge in [-0.25, -0.2) is 5.43 Å². The van der Waals surface area contributed by atoms with Crippen molar-refractivity contribution in [2.75, 3.05) is 5.32 Å². The molecule has 0 aromatic heterocycles. The van der Waals surface area contributed by atoms with Crippen LogP contribution in [-0.4, -0.2) is 18.0 Å². The van der Waals surface area contributed by atoms with Crippen molar-refractivity contribution in [3.63, 3.8) is 0 Å². The molecule has 5 nitrogen and oxygen atoms in total. The summed E-state index contributed by atoms with van der Waals surface area (Å²) in [6, 6.07) is 28.0. The van der Waals surface area contributed by atoms with Gasteiger partial charge in [0.1, 0.15) is 0 Å². The van der Waals surface area contributed by atoms with Crippen LogP contribution in [0.2, 0.25) is 0 Å². The molecule has 31 heavy (non-hydrogen) atoms. The molecule has 0 aliphatic carbocycles. The maximum Gasteiger partial charge on any atom is 0.271 e. The second-order valence-corrected chi connectivity index (χ2v) is 7.12. The number of nitrogens with one attached hydrogen (secondary N) is 2. The van der Waals surface area contributed by atoms with E-state index in [4.69, 9.17) is 0 Å². The van der Waals surface area contributed by atoms with Crippen molar-refractivity contribution in [2.24, 2.45) is 5.10 Å². The topological polar surface area (TPSA) is 70.6 Å². The molecular weight excluding hydrogens is 386 g/mol. The lowest BCUT2D eigenvalue weighted by Gasteiger charge is -2.09. The Labute approximate surface area is 180 Å². The van der Waals surface area contributed by atoms with Gasteiger partial charge in [-0.3, -0.25) is 9.59 Å². The number of rotatable bonds is 5. The van der Waals surface area contributed by atoms with Crippen molar-refractivity contribution in [3.8, 4) is 0 Å². The average Bonchev–Trinajstić information content (AvgIpc) is 2.79. The summed E-state index contributed by atoms with van der Waals surface area (Å²) in [7, 11) is 0. The Hall–Kier alpha value is -4.25. The monoisotopic (exact) mass is 407 g/mol. The molecule has 0 saturated carbocycles. The fourth-order valence-corrected chi connectivity index (χ4v) is 3.35. The van der Waals surface area contributed by atoms with Crippen LogP contribution in [0.1, 0.15) is 31.8 Å². The van der Waals surface area contributed by atoms with Gasteiger partial charge in [0.25, 0.3) is 11.8 Å². The lowest BCUT2D eigenvalue weighted by atomic mass is 10.1. The largest absolute Gasteiger partial charge is 0.322 e. The first-order valence-corrected chi connectivity index (χ1v) is 9.90. The molecule has 2 N–H and O–H groups in total. The van der Waals surface area contributed by atoms with Crippen LogP contribution in [0.4, 0.5) is 5.69 Å². The summed E-state index contributed by atoms with van der Waals surface area (Å²) in [5.41, 5.74) is 5.89. The van der Waals surface area contributed by atoms with Gasteiger partial charge in [-0.2, -0.15) is 5.10 Å². The van der Waals surface area contributed by atoms with Crippen molar-refractivity contribution in [1.82, 2.24) is 5.43 Å². The van der Waals surface area contributed by atoms with Crippen LogP contribution >= 0.6 is 0 Å². The van der Waals surface area contributed by atoms with E-state index in [-0.39, 0.29) is 11.8 Å². The van der Waals surface area contributed by atoms with Crippen LogP contribution in [0.15, 0.2) is 96.1 Å². The number of carbonyl (C=O) groups is 2. The molecule has 4 rings (SSSR count). The first kappa shape index (κ1) is 20.0. The van der Waals surface area contributed by atoms with Gasteiger partial charge < -0.3 is 5.32 Å². The molecule has 0 atom stereocenters. The molecule has 0 aliphatic rings. The lowest BCUT2D eigenvalue weighted by Crippen LogP contribution is -2.18. The van der Waals surface area contributed by atoms with Crippen molar-refractivity contribution < 1.29 is 9.59 Å². The fraction of sp³-hybridized carbons (Fsp3) is 0.0385. The highest BCUT2D eigenvalue weighted by molar-refractivity contribution is 6.06. The van der Waals surface area contributed by atoms with Crippen molar-refractivity contribution in [3.05, 3.63) is 113 Å². The zero-order valence-corrected chi connectivity index (χ0v) is 17.0. The normalized spacial score (nSPS) is 10.9. The van der Waals surface area contributed by atoms with Gasteiger partial charge in [-0.05, 0) is 47.5 Å². The van der Waals surface area contributed by atoms with Gasteiger partial charge in [-0.1, -0.05) is 66.7 Å². The molecule has 4 aromatic carbocycles. The van der Waals surface area contributed by atoms with E-state index in [1.54, 1.807) is 36.5 Å². The number of nitrogens with zero attached hydrogens (tertiary/aromatic N) is 1. The third-order valence-corrected chi connectivity index (χ3v) is 4.97. The second-order valence-electron chi connectivity index (χ2n) is 7.12. The molecule has 0 bridgehead atoms.